The van der Waals surface area contributed by atoms with Gasteiger partial charge in [0.05, 0.1) is 5.60 Å². The van der Waals surface area contributed by atoms with Crippen LogP contribution in [0.15, 0.2) is 11.3 Å². The highest BCUT2D eigenvalue weighted by Gasteiger charge is 2.16. The fraction of sp³-hybridized carbons (Fsp3) is 0.769. The lowest BCUT2D eigenvalue weighted by Gasteiger charge is -2.24. The second kappa shape index (κ2) is 7.84. The van der Waals surface area contributed by atoms with Gasteiger partial charge in [0.1, 0.15) is 12.9 Å². The van der Waals surface area contributed by atoms with Gasteiger partial charge in [-0.1, -0.05) is 0 Å². The molecule has 0 bridgehead atoms. The van der Waals surface area contributed by atoms with Gasteiger partial charge in [0.2, 0.25) is 0 Å². The van der Waals surface area contributed by atoms with Gasteiger partial charge in [-0.3, -0.25) is 0 Å². The van der Waals surface area contributed by atoms with Crippen molar-refractivity contribution < 1.29 is 4.74 Å². The number of ether oxygens (including phenoxy) is 1. The SMILES string of the molecule is CCNC(=NCc1nncn1CC)NCC(C)(C)OC. The molecule has 1 aromatic rings. The molecule has 0 aliphatic carbocycles. The van der Waals surface area contributed by atoms with Gasteiger partial charge in [0.25, 0.3) is 0 Å². The van der Waals surface area contributed by atoms with Gasteiger partial charge in [-0.15, -0.1) is 10.2 Å². The molecule has 0 unspecified atom stereocenters. The number of guanidine groups is 1. The zero-order valence-corrected chi connectivity index (χ0v) is 13.1. The Labute approximate surface area is 120 Å². The molecule has 1 heterocycles. The number of hydrogen-bond donors (Lipinski definition) is 2. The summed E-state index contributed by atoms with van der Waals surface area (Å²) in [5.41, 5.74) is -0.236. The second-order valence-corrected chi connectivity index (χ2v) is 5.05. The largest absolute Gasteiger partial charge is 0.377 e. The molecule has 7 heteroatoms. The number of nitrogens with one attached hydrogen (secondary N) is 2. The molecule has 0 saturated heterocycles. The van der Waals surface area contributed by atoms with Crippen molar-refractivity contribution in [1.82, 2.24) is 25.4 Å². The summed E-state index contributed by atoms with van der Waals surface area (Å²) in [7, 11) is 1.70. The third-order valence-electron chi connectivity index (χ3n) is 2.99. The van der Waals surface area contributed by atoms with E-state index in [1.165, 1.54) is 0 Å². The first kappa shape index (κ1) is 16.4. The first-order chi connectivity index (χ1) is 9.52. The van der Waals surface area contributed by atoms with E-state index in [1.54, 1.807) is 13.4 Å². The van der Waals surface area contributed by atoms with Gasteiger partial charge < -0.3 is 19.9 Å². The fourth-order valence-corrected chi connectivity index (χ4v) is 1.53. The molecular formula is C13H26N6O. The van der Waals surface area contributed by atoms with Crippen molar-refractivity contribution in [3.05, 3.63) is 12.2 Å². The number of methoxy groups -OCH3 is 1. The molecular weight excluding hydrogens is 256 g/mol. The van der Waals surface area contributed by atoms with Crippen LogP contribution in [0.5, 0.6) is 0 Å². The topological polar surface area (TPSA) is 76.4 Å². The number of aliphatic imine (C=N–C) groups is 1. The van der Waals surface area contributed by atoms with Crippen molar-refractivity contribution in [3.8, 4) is 0 Å². The summed E-state index contributed by atoms with van der Waals surface area (Å²) in [5, 5.41) is 14.4. The number of aryl methyl sites for hydroxylation is 1. The predicted molar refractivity (Wildman–Crippen MR) is 79.6 cm³/mol. The monoisotopic (exact) mass is 282 g/mol. The van der Waals surface area contributed by atoms with E-state index in [4.69, 9.17) is 4.74 Å². The molecule has 1 aromatic heterocycles. The maximum atomic E-state index is 5.38. The lowest BCUT2D eigenvalue weighted by Crippen LogP contribution is -2.45. The van der Waals surface area contributed by atoms with E-state index in [1.807, 2.05) is 25.3 Å². The first-order valence-electron chi connectivity index (χ1n) is 6.96. The quantitative estimate of drug-likeness (QED) is 0.571. The molecule has 0 aromatic carbocycles. The van der Waals surface area contributed by atoms with Gasteiger partial charge in [-0.2, -0.15) is 0 Å². The minimum atomic E-state index is -0.236. The average Bonchev–Trinajstić information content (AvgIpc) is 2.89. The predicted octanol–water partition coefficient (Wildman–Crippen LogP) is 0.778. The third-order valence-corrected chi connectivity index (χ3v) is 2.99. The molecule has 0 atom stereocenters. The van der Waals surface area contributed by atoms with E-state index in [0.717, 1.165) is 24.9 Å². The van der Waals surface area contributed by atoms with Gasteiger partial charge in [0, 0.05) is 26.7 Å². The van der Waals surface area contributed by atoms with Crippen LogP contribution in [0.2, 0.25) is 0 Å². The number of aromatic nitrogens is 3. The maximum absolute atomic E-state index is 5.38. The van der Waals surface area contributed by atoms with Crippen LogP contribution in [0.3, 0.4) is 0 Å². The number of nitrogens with zero attached hydrogens (tertiary/aromatic N) is 4. The van der Waals surface area contributed by atoms with Gasteiger partial charge in [-0.25, -0.2) is 4.99 Å². The Kier molecular flexibility index (Phi) is 6.44. The summed E-state index contributed by atoms with van der Waals surface area (Å²) in [6, 6.07) is 0. The Bertz CT molecular complexity index is 426. The van der Waals surface area contributed by atoms with Crippen LogP contribution in [0.4, 0.5) is 0 Å². The van der Waals surface area contributed by atoms with Crippen LogP contribution in [0.1, 0.15) is 33.5 Å². The van der Waals surface area contributed by atoms with Crippen molar-refractivity contribution in [2.24, 2.45) is 4.99 Å². The molecule has 1 rings (SSSR count). The van der Waals surface area contributed by atoms with Crippen molar-refractivity contribution in [1.29, 1.82) is 0 Å². The van der Waals surface area contributed by atoms with E-state index in [2.05, 4.69) is 32.7 Å². The molecule has 114 valence electrons. The minimum absolute atomic E-state index is 0.236. The van der Waals surface area contributed by atoms with Gasteiger partial charge in [0.15, 0.2) is 11.8 Å². The van der Waals surface area contributed by atoms with Crippen LogP contribution >= 0.6 is 0 Å². The Balaban J connectivity index is 2.63. The molecule has 7 nitrogen and oxygen atoms in total. The Hall–Kier alpha value is -1.63. The van der Waals surface area contributed by atoms with Crippen molar-refractivity contribution in [3.63, 3.8) is 0 Å². The van der Waals surface area contributed by atoms with E-state index >= 15 is 0 Å². The molecule has 0 aliphatic rings. The van der Waals surface area contributed by atoms with Crippen LogP contribution < -0.4 is 10.6 Å². The summed E-state index contributed by atoms with van der Waals surface area (Å²) in [6.07, 6.45) is 1.72. The van der Waals surface area contributed by atoms with E-state index in [9.17, 15) is 0 Å². The maximum Gasteiger partial charge on any atom is 0.191 e. The van der Waals surface area contributed by atoms with E-state index < -0.39 is 0 Å². The van der Waals surface area contributed by atoms with E-state index in [-0.39, 0.29) is 5.60 Å². The van der Waals surface area contributed by atoms with E-state index in [0.29, 0.717) is 13.1 Å². The Morgan fingerprint density at radius 3 is 2.75 bits per heavy atom. The minimum Gasteiger partial charge on any atom is -0.377 e. The summed E-state index contributed by atoms with van der Waals surface area (Å²) in [5.74, 6) is 1.61. The van der Waals surface area contributed by atoms with Crippen molar-refractivity contribution in [2.45, 2.75) is 46.4 Å². The zero-order chi connectivity index (χ0) is 15.0. The van der Waals surface area contributed by atoms with Crippen molar-refractivity contribution in [2.75, 3.05) is 20.2 Å². The number of hydrogen-bond acceptors (Lipinski definition) is 4. The van der Waals surface area contributed by atoms with Gasteiger partial charge in [-0.05, 0) is 27.7 Å². The highest BCUT2D eigenvalue weighted by molar-refractivity contribution is 5.79. The lowest BCUT2D eigenvalue weighted by molar-refractivity contribution is 0.0268. The molecule has 0 saturated carbocycles. The van der Waals surface area contributed by atoms with Crippen LogP contribution in [-0.2, 0) is 17.8 Å². The average molecular weight is 282 g/mol. The smallest absolute Gasteiger partial charge is 0.191 e. The molecule has 2 N–H and O–H groups in total. The zero-order valence-electron chi connectivity index (χ0n) is 13.1. The lowest BCUT2D eigenvalue weighted by atomic mass is 10.1. The molecule has 20 heavy (non-hydrogen) atoms. The highest BCUT2D eigenvalue weighted by Crippen LogP contribution is 2.04. The molecule has 0 radical (unpaired) electrons. The summed E-state index contributed by atoms with van der Waals surface area (Å²) < 4.78 is 7.36. The van der Waals surface area contributed by atoms with Crippen molar-refractivity contribution >= 4 is 5.96 Å². The highest BCUT2D eigenvalue weighted by atomic mass is 16.5. The van der Waals surface area contributed by atoms with Gasteiger partial charge >= 0.3 is 0 Å². The van der Waals surface area contributed by atoms with Crippen LogP contribution in [0.25, 0.3) is 0 Å². The first-order valence-corrected chi connectivity index (χ1v) is 6.96. The molecule has 0 spiro atoms. The Morgan fingerprint density at radius 2 is 2.15 bits per heavy atom. The van der Waals surface area contributed by atoms with Crippen LogP contribution in [0, 0.1) is 0 Å². The third kappa shape index (κ3) is 5.16. The fourth-order valence-electron chi connectivity index (χ4n) is 1.53. The normalized spacial score (nSPS) is 12.6. The second-order valence-electron chi connectivity index (χ2n) is 5.05. The number of rotatable bonds is 7. The summed E-state index contributed by atoms with van der Waals surface area (Å²) >= 11 is 0. The summed E-state index contributed by atoms with van der Waals surface area (Å²) in [4.78, 5) is 4.52. The standard InChI is InChI=1S/C13H26N6O/c1-6-14-12(16-9-13(3,4)20-5)15-8-11-18-17-10-19(11)7-2/h10H,6-9H2,1-5H3,(H2,14,15,16). The summed E-state index contributed by atoms with van der Waals surface area (Å²) in [6.45, 7) is 11.0. The molecule has 0 aliphatic heterocycles. The Morgan fingerprint density at radius 1 is 1.40 bits per heavy atom. The van der Waals surface area contributed by atoms with Crippen LogP contribution in [-0.4, -0.2) is 46.5 Å². The molecule has 0 fully saturated rings. The molecule has 0 amide bonds.